The summed E-state index contributed by atoms with van der Waals surface area (Å²) in [5, 5.41) is 0. The summed E-state index contributed by atoms with van der Waals surface area (Å²) in [6.07, 6.45) is 7.74. The van der Waals surface area contributed by atoms with Crippen molar-refractivity contribution in [2.45, 2.75) is 64.0 Å². The van der Waals surface area contributed by atoms with Crippen molar-refractivity contribution < 1.29 is 14.3 Å². The first kappa shape index (κ1) is 17.5. The maximum atomic E-state index is 13.1. The highest BCUT2D eigenvalue weighted by atomic mass is 16.5. The lowest BCUT2D eigenvalue weighted by molar-refractivity contribution is -0.124. The molecule has 0 radical (unpaired) electrons. The monoisotopic (exact) mass is 356 g/mol. The Hall–Kier alpha value is -1.88. The third kappa shape index (κ3) is 3.13. The van der Waals surface area contributed by atoms with Crippen LogP contribution >= 0.6 is 0 Å². The molecule has 1 saturated carbocycles. The summed E-state index contributed by atoms with van der Waals surface area (Å²) in [6.45, 7) is 3.48. The highest BCUT2D eigenvalue weighted by Gasteiger charge is 2.47. The molecule has 0 spiro atoms. The summed E-state index contributed by atoms with van der Waals surface area (Å²) in [4.78, 5) is 29.5. The van der Waals surface area contributed by atoms with Crippen molar-refractivity contribution in [3.05, 3.63) is 24.3 Å². The zero-order valence-corrected chi connectivity index (χ0v) is 15.5. The highest BCUT2D eigenvalue weighted by Crippen LogP contribution is 2.38. The van der Waals surface area contributed by atoms with Crippen molar-refractivity contribution >= 4 is 17.5 Å². The van der Waals surface area contributed by atoms with Crippen molar-refractivity contribution in [2.75, 3.05) is 18.1 Å². The van der Waals surface area contributed by atoms with E-state index in [1.165, 1.54) is 37.0 Å². The zero-order valence-electron chi connectivity index (χ0n) is 15.5. The van der Waals surface area contributed by atoms with Gasteiger partial charge in [-0.15, -0.1) is 0 Å². The average Bonchev–Trinajstić information content (AvgIpc) is 2.96. The van der Waals surface area contributed by atoms with E-state index >= 15 is 0 Å². The van der Waals surface area contributed by atoms with E-state index in [9.17, 15) is 9.59 Å². The topological polar surface area (TPSA) is 49.9 Å². The minimum absolute atomic E-state index is 0.0506. The molecule has 3 aliphatic rings. The van der Waals surface area contributed by atoms with Gasteiger partial charge >= 0.3 is 0 Å². The molecule has 3 atom stereocenters. The van der Waals surface area contributed by atoms with E-state index in [0.717, 1.165) is 18.7 Å². The van der Waals surface area contributed by atoms with Gasteiger partial charge in [-0.3, -0.25) is 14.5 Å². The van der Waals surface area contributed by atoms with Gasteiger partial charge in [0.25, 0.3) is 5.91 Å². The van der Waals surface area contributed by atoms with Crippen molar-refractivity contribution in [3.63, 3.8) is 0 Å². The molecule has 1 aromatic carbocycles. The fourth-order valence-electron chi connectivity index (χ4n) is 5.05. The van der Waals surface area contributed by atoms with Crippen LogP contribution in [0, 0.1) is 5.92 Å². The van der Waals surface area contributed by atoms with Crippen molar-refractivity contribution in [1.82, 2.24) is 4.90 Å². The Morgan fingerprint density at radius 2 is 1.77 bits per heavy atom. The van der Waals surface area contributed by atoms with Gasteiger partial charge < -0.3 is 4.74 Å². The fraction of sp³-hybridized carbons (Fsp3) is 0.619. The molecule has 1 aromatic rings. The Morgan fingerprint density at radius 3 is 2.54 bits per heavy atom. The number of nitrogens with zero attached hydrogens (tertiary/aromatic N) is 2. The third-order valence-electron chi connectivity index (χ3n) is 6.22. The molecule has 2 amide bonds. The number of benzene rings is 1. The number of piperidine rings is 1. The van der Waals surface area contributed by atoms with Crippen LogP contribution in [0.1, 0.15) is 51.9 Å². The van der Waals surface area contributed by atoms with Crippen molar-refractivity contribution in [3.8, 4) is 5.75 Å². The molecule has 2 heterocycles. The Morgan fingerprint density at radius 1 is 1.04 bits per heavy atom. The van der Waals surface area contributed by atoms with Crippen LogP contribution < -0.4 is 9.64 Å². The summed E-state index contributed by atoms with van der Waals surface area (Å²) in [5.41, 5.74) is 0.656. The van der Waals surface area contributed by atoms with E-state index in [4.69, 9.17) is 4.74 Å². The second-order valence-corrected chi connectivity index (χ2v) is 7.71. The second kappa shape index (κ2) is 7.39. The minimum Gasteiger partial charge on any atom is -0.494 e. The normalized spacial score (nSPS) is 29.7. The second-order valence-electron chi connectivity index (χ2n) is 7.71. The molecule has 2 aliphatic heterocycles. The lowest BCUT2D eigenvalue weighted by Crippen LogP contribution is -2.54. The van der Waals surface area contributed by atoms with Gasteiger partial charge in [-0.25, -0.2) is 4.90 Å². The zero-order chi connectivity index (χ0) is 18.1. The van der Waals surface area contributed by atoms with E-state index in [1.54, 1.807) is 0 Å². The molecule has 1 aliphatic carbocycles. The first-order valence-corrected chi connectivity index (χ1v) is 10.0. The summed E-state index contributed by atoms with van der Waals surface area (Å²) in [6, 6.07) is 7.47. The van der Waals surface area contributed by atoms with Crippen molar-refractivity contribution in [1.29, 1.82) is 0 Å². The van der Waals surface area contributed by atoms with Gasteiger partial charge in [-0.05, 0) is 69.3 Å². The van der Waals surface area contributed by atoms with E-state index in [-0.39, 0.29) is 17.9 Å². The van der Waals surface area contributed by atoms with Gasteiger partial charge in [0, 0.05) is 6.04 Å². The Labute approximate surface area is 155 Å². The van der Waals surface area contributed by atoms with Crippen LogP contribution in [-0.4, -0.2) is 41.9 Å². The Bertz CT molecular complexity index is 670. The maximum absolute atomic E-state index is 13.1. The quantitative estimate of drug-likeness (QED) is 0.776. The predicted octanol–water partition coefficient (Wildman–Crippen LogP) is 3.37. The van der Waals surface area contributed by atoms with Gasteiger partial charge in [-0.2, -0.15) is 0 Å². The number of hydrogen-bond acceptors (Lipinski definition) is 4. The van der Waals surface area contributed by atoms with E-state index in [0.29, 0.717) is 30.7 Å². The van der Waals surface area contributed by atoms with Gasteiger partial charge in [-0.1, -0.05) is 12.8 Å². The molecular formula is C21H28N2O3. The van der Waals surface area contributed by atoms with E-state index in [1.807, 2.05) is 31.2 Å². The average molecular weight is 356 g/mol. The number of carbonyl (C=O) groups excluding carboxylic acids is 2. The van der Waals surface area contributed by atoms with Crippen LogP contribution in [0.15, 0.2) is 24.3 Å². The molecule has 5 nitrogen and oxygen atoms in total. The molecule has 0 aromatic heterocycles. The standard InChI is InChI=1S/C21H28N2O3/c1-2-26-17-11-9-16(10-12-17)23-20(24)14-19(21(23)25)22-13-5-7-15-6-3-4-8-18(15)22/h9-12,15,18-19H,2-8,13-14H2,1H3/t15-,18+,19-/m0/s1. The SMILES string of the molecule is CCOc1ccc(N2C(=O)C[C@H](N3CCC[C@@H]4CCCC[C@H]43)C2=O)cc1. The lowest BCUT2D eigenvalue weighted by Gasteiger charge is -2.46. The molecule has 0 unspecified atom stereocenters. The number of carbonyl (C=O) groups is 2. The Balaban J connectivity index is 1.53. The first-order chi connectivity index (χ1) is 12.7. The number of ether oxygens (including phenoxy) is 1. The number of fused-ring (bicyclic) bond motifs is 1. The van der Waals surface area contributed by atoms with Crippen LogP contribution in [0.4, 0.5) is 5.69 Å². The maximum Gasteiger partial charge on any atom is 0.251 e. The van der Waals surface area contributed by atoms with Crippen LogP contribution in [0.2, 0.25) is 0 Å². The van der Waals surface area contributed by atoms with Gasteiger partial charge in [0.15, 0.2) is 0 Å². The summed E-state index contributed by atoms with van der Waals surface area (Å²) < 4.78 is 5.46. The number of rotatable bonds is 4. The molecule has 26 heavy (non-hydrogen) atoms. The van der Waals surface area contributed by atoms with Crippen LogP contribution in [0.5, 0.6) is 5.75 Å². The van der Waals surface area contributed by atoms with E-state index < -0.39 is 0 Å². The third-order valence-corrected chi connectivity index (χ3v) is 6.22. The van der Waals surface area contributed by atoms with Gasteiger partial charge in [0.2, 0.25) is 5.91 Å². The largest absolute Gasteiger partial charge is 0.494 e. The highest BCUT2D eigenvalue weighted by molar-refractivity contribution is 6.22. The minimum atomic E-state index is -0.278. The molecule has 2 saturated heterocycles. The van der Waals surface area contributed by atoms with E-state index in [2.05, 4.69) is 4.90 Å². The van der Waals surface area contributed by atoms with Crippen LogP contribution in [0.3, 0.4) is 0 Å². The first-order valence-electron chi connectivity index (χ1n) is 10.0. The molecule has 5 heteroatoms. The summed E-state index contributed by atoms with van der Waals surface area (Å²) in [7, 11) is 0. The summed E-state index contributed by atoms with van der Waals surface area (Å²) >= 11 is 0. The predicted molar refractivity (Wildman–Crippen MR) is 100 cm³/mol. The van der Waals surface area contributed by atoms with Crippen LogP contribution in [0.25, 0.3) is 0 Å². The molecule has 0 N–H and O–H groups in total. The van der Waals surface area contributed by atoms with Crippen molar-refractivity contribution in [2.24, 2.45) is 5.92 Å². The van der Waals surface area contributed by atoms with Gasteiger partial charge in [0.05, 0.1) is 24.8 Å². The summed E-state index contributed by atoms with van der Waals surface area (Å²) in [5.74, 6) is 1.33. The Kier molecular flexibility index (Phi) is 4.98. The number of anilines is 1. The molecule has 3 fully saturated rings. The molecular weight excluding hydrogens is 328 g/mol. The van der Waals surface area contributed by atoms with Gasteiger partial charge in [0.1, 0.15) is 5.75 Å². The molecule has 0 bridgehead atoms. The smallest absolute Gasteiger partial charge is 0.251 e. The molecule has 4 rings (SSSR count). The lowest BCUT2D eigenvalue weighted by atomic mass is 9.77. The number of likely N-dealkylation sites (tertiary alicyclic amines) is 1. The fourth-order valence-corrected chi connectivity index (χ4v) is 5.05. The van der Waals surface area contributed by atoms with Crippen LogP contribution in [-0.2, 0) is 9.59 Å². The number of amides is 2. The number of hydrogen-bond donors (Lipinski definition) is 0. The molecule has 140 valence electrons. The number of imide groups is 1.